The summed E-state index contributed by atoms with van der Waals surface area (Å²) in [7, 11) is 3.42. The Morgan fingerprint density at radius 3 is 1.14 bits per heavy atom. The van der Waals surface area contributed by atoms with Crippen molar-refractivity contribution in [1.82, 2.24) is 4.57 Å². The molecule has 0 N–H and O–H groups in total. The van der Waals surface area contributed by atoms with Crippen LogP contribution in [0.4, 0.5) is 51.2 Å². The molecule has 0 saturated heterocycles. The number of para-hydroxylation sites is 3. The van der Waals surface area contributed by atoms with Crippen molar-refractivity contribution in [3.63, 3.8) is 0 Å². The first kappa shape index (κ1) is 40.1. The number of anilines is 9. The van der Waals surface area contributed by atoms with Crippen LogP contribution in [0, 0.1) is 0 Å². The fourth-order valence-electron chi connectivity index (χ4n) is 9.19. The van der Waals surface area contributed by atoms with Crippen LogP contribution in [0.25, 0.3) is 38.3 Å². The minimum absolute atomic E-state index is 0.796. The van der Waals surface area contributed by atoms with E-state index in [4.69, 9.17) is 9.47 Å². The average molecular weight is 855 g/mol. The van der Waals surface area contributed by atoms with E-state index < -0.39 is 0 Å². The van der Waals surface area contributed by atoms with E-state index in [1.165, 1.54) is 10.8 Å². The van der Waals surface area contributed by atoms with Gasteiger partial charge in [0.05, 0.1) is 25.3 Å². The molecular formula is C60H46N4O2. The van der Waals surface area contributed by atoms with Crippen molar-refractivity contribution >= 4 is 83.8 Å². The Morgan fingerprint density at radius 2 is 0.652 bits per heavy atom. The Kier molecular flexibility index (Phi) is 10.6. The van der Waals surface area contributed by atoms with Crippen molar-refractivity contribution in [2.75, 3.05) is 28.9 Å². The van der Waals surface area contributed by atoms with E-state index in [1.807, 2.05) is 24.3 Å². The van der Waals surface area contributed by atoms with Crippen LogP contribution in [0.1, 0.15) is 0 Å². The Morgan fingerprint density at radius 1 is 0.288 bits per heavy atom. The molecule has 0 saturated carbocycles. The summed E-state index contributed by atoms with van der Waals surface area (Å²) < 4.78 is 13.8. The molecule has 0 amide bonds. The lowest BCUT2D eigenvalue weighted by molar-refractivity contribution is 0.415. The summed E-state index contributed by atoms with van der Waals surface area (Å²) in [5.74, 6) is 1.59. The third-order valence-electron chi connectivity index (χ3n) is 12.3. The molecular weight excluding hydrogens is 809 g/mol. The van der Waals surface area contributed by atoms with Crippen molar-refractivity contribution in [1.29, 1.82) is 0 Å². The molecule has 0 aliphatic carbocycles. The summed E-state index contributed by atoms with van der Waals surface area (Å²) >= 11 is 0. The van der Waals surface area contributed by atoms with Crippen LogP contribution in [0.5, 0.6) is 11.5 Å². The number of rotatable bonds is 12. The van der Waals surface area contributed by atoms with Gasteiger partial charge in [0, 0.05) is 79.8 Å². The van der Waals surface area contributed by atoms with Gasteiger partial charge in [0.25, 0.3) is 0 Å². The Balaban J connectivity index is 1.11. The van der Waals surface area contributed by atoms with Gasteiger partial charge in [-0.1, -0.05) is 97.1 Å². The highest BCUT2D eigenvalue weighted by Crippen LogP contribution is 2.44. The van der Waals surface area contributed by atoms with Gasteiger partial charge in [0.2, 0.25) is 0 Å². The first-order chi connectivity index (χ1) is 32.6. The average Bonchev–Trinajstić information content (AvgIpc) is 3.71. The number of hydrogen-bond acceptors (Lipinski definition) is 5. The van der Waals surface area contributed by atoms with E-state index in [1.54, 1.807) is 14.2 Å². The number of fused-ring (bicyclic) bond motifs is 4. The molecule has 0 aliphatic rings. The van der Waals surface area contributed by atoms with Crippen LogP contribution in [0.15, 0.2) is 243 Å². The molecule has 1 heterocycles. The van der Waals surface area contributed by atoms with Crippen molar-refractivity contribution in [3.05, 3.63) is 243 Å². The van der Waals surface area contributed by atoms with Gasteiger partial charge in [-0.25, -0.2) is 0 Å². The highest BCUT2D eigenvalue weighted by Gasteiger charge is 2.21. The van der Waals surface area contributed by atoms with Crippen molar-refractivity contribution in [3.8, 4) is 17.2 Å². The standard InChI is InChI=1S/C60H46N4O2/c1-65-55-26-14-24-50(39-55)62(46-20-8-4-9-21-46)53-34-36-59-57(41-53)58-42-54(63(47-22-10-5-11-23-47)51-25-15-27-56(40-51)66-2)35-37-60(58)64(59)49-32-30-48(31-33-49)61(45-18-6-3-7-19-45)52-29-28-43-16-12-13-17-44(43)38-52/h3-42H,1-2H3. The second-order valence-electron chi connectivity index (χ2n) is 16.2. The molecule has 6 heteroatoms. The number of methoxy groups -OCH3 is 2. The van der Waals surface area contributed by atoms with Gasteiger partial charge in [-0.3, -0.25) is 0 Å². The molecule has 0 bridgehead atoms. The molecule has 0 aliphatic heterocycles. The molecule has 11 aromatic rings. The second-order valence-corrected chi connectivity index (χ2v) is 16.2. The predicted molar refractivity (Wildman–Crippen MR) is 275 cm³/mol. The molecule has 11 rings (SSSR count). The molecule has 10 aromatic carbocycles. The number of hydrogen-bond donors (Lipinski definition) is 0. The highest BCUT2D eigenvalue weighted by molar-refractivity contribution is 6.12. The molecule has 66 heavy (non-hydrogen) atoms. The number of benzene rings is 10. The van der Waals surface area contributed by atoms with Gasteiger partial charge in [0.15, 0.2) is 0 Å². The molecule has 1 aromatic heterocycles. The van der Waals surface area contributed by atoms with Crippen LogP contribution in [-0.2, 0) is 0 Å². The zero-order valence-corrected chi connectivity index (χ0v) is 36.7. The lowest BCUT2D eigenvalue weighted by atomic mass is 10.1. The molecule has 0 spiro atoms. The highest BCUT2D eigenvalue weighted by atomic mass is 16.5. The topological polar surface area (TPSA) is 33.1 Å². The zero-order chi connectivity index (χ0) is 44.4. The SMILES string of the molecule is COc1cccc(N(c2ccccc2)c2ccc3c(c2)c2cc(N(c4ccccc4)c4cccc(OC)c4)ccc2n3-c2ccc(N(c3ccccc3)c3ccc4ccccc4c3)cc2)c1. The maximum Gasteiger partial charge on any atom is 0.120 e. The molecule has 0 radical (unpaired) electrons. The summed E-state index contributed by atoms with van der Waals surface area (Å²) in [5.41, 5.74) is 12.7. The summed E-state index contributed by atoms with van der Waals surface area (Å²) in [6.45, 7) is 0. The minimum atomic E-state index is 0.796. The maximum atomic E-state index is 5.72. The summed E-state index contributed by atoms with van der Waals surface area (Å²) in [5, 5.41) is 4.66. The normalized spacial score (nSPS) is 11.2. The predicted octanol–water partition coefficient (Wildman–Crippen LogP) is 16.4. The first-order valence-electron chi connectivity index (χ1n) is 22.1. The van der Waals surface area contributed by atoms with E-state index in [2.05, 4.69) is 238 Å². The number of aromatic nitrogens is 1. The lowest BCUT2D eigenvalue weighted by Gasteiger charge is -2.26. The van der Waals surface area contributed by atoms with Gasteiger partial charge >= 0.3 is 0 Å². The van der Waals surface area contributed by atoms with E-state index in [0.29, 0.717) is 0 Å². The van der Waals surface area contributed by atoms with Crippen molar-refractivity contribution < 1.29 is 9.47 Å². The fourth-order valence-corrected chi connectivity index (χ4v) is 9.19. The molecule has 0 atom stereocenters. The number of ether oxygens (including phenoxy) is 2. The van der Waals surface area contributed by atoms with Crippen molar-refractivity contribution in [2.24, 2.45) is 0 Å². The second kappa shape index (κ2) is 17.4. The largest absolute Gasteiger partial charge is 0.497 e. The summed E-state index contributed by atoms with van der Waals surface area (Å²) in [4.78, 5) is 6.91. The molecule has 0 fully saturated rings. The Bertz CT molecular complexity index is 3310. The maximum absolute atomic E-state index is 5.72. The number of nitrogens with zero attached hydrogens (tertiary/aromatic N) is 4. The summed E-state index contributed by atoms with van der Waals surface area (Å²) in [6, 6.07) is 85.9. The lowest BCUT2D eigenvalue weighted by Crippen LogP contribution is -2.10. The molecule has 318 valence electrons. The third kappa shape index (κ3) is 7.50. The quantitative estimate of drug-likeness (QED) is 0.122. The van der Waals surface area contributed by atoms with Crippen LogP contribution in [-0.4, -0.2) is 18.8 Å². The van der Waals surface area contributed by atoms with Gasteiger partial charge in [-0.05, 0) is 144 Å². The van der Waals surface area contributed by atoms with Gasteiger partial charge in [-0.2, -0.15) is 0 Å². The van der Waals surface area contributed by atoms with E-state index >= 15 is 0 Å². The Hall–Kier alpha value is -8.74. The Labute approximate surface area is 385 Å². The first-order valence-corrected chi connectivity index (χ1v) is 22.1. The van der Waals surface area contributed by atoms with E-state index in [-0.39, 0.29) is 0 Å². The van der Waals surface area contributed by atoms with E-state index in [0.717, 1.165) is 90.2 Å². The van der Waals surface area contributed by atoms with Gasteiger partial charge in [-0.15, -0.1) is 0 Å². The van der Waals surface area contributed by atoms with Crippen LogP contribution in [0.3, 0.4) is 0 Å². The van der Waals surface area contributed by atoms with Crippen molar-refractivity contribution in [2.45, 2.75) is 0 Å². The zero-order valence-electron chi connectivity index (χ0n) is 36.7. The molecule has 6 nitrogen and oxygen atoms in total. The van der Waals surface area contributed by atoms with Crippen LogP contribution in [0.2, 0.25) is 0 Å². The van der Waals surface area contributed by atoms with Crippen LogP contribution < -0.4 is 24.2 Å². The van der Waals surface area contributed by atoms with Crippen LogP contribution >= 0.6 is 0 Å². The minimum Gasteiger partial charge on any atom is -0.497 e. The van der Waals surface area contributed by atoms with Gasteiger partial charge < -0.3 is 28.7 Å². The van der Waals surface area contributed by atoms with E-state index in [9.17, 15) is 0 Å². The monoisotopic (exact) mass is 854 g/mol. The summed E-state index contributed by atoms with van der Waals surface area (Å²) in [6.07, 6.45) is 0. The molecule has 0 unspecified atom stereocenters. The third-order valence-corrected chi connectivity index (χ3v) is 12.3. The smallest absolute Gasteiger partial charge is 0.120 e. The fraction of sp³-hybridized carbons (Fsp3) is 0.0333. The van der Waals surface area contributed by atoms with Gasteiger partial charge in [0.1, 0.15) is 11.5 Å².